The average molecular weight is 663 g/mol. The maximum atomic E-state index is 13.6. The number of hydrogen-bond donors (Lipinski definition) is 2. The molecular formula is C30H30ClF7N4O3. The largest absolute Gasteiger partial charge is 0.487 e. The fourth-order valence-electron chi connectivity index (χ4n) is 5.48. The fourth-order valence-corrected chi connectivity index (χ4v) is 5.67. The van der Waals surface area contributed by atoms with Crippen LogP contribution < -0.4 is 15.4 Å². The summed E-state index contributed by atoms with van der Waals surface area (Å²) in [5, 5.41) is 5.40. The van der Waals surface area contributed by atoms with Gasteiger partial charge in [0.2, 0.25) is 11.8 Å². The highest BCUT2D eigenvalue weighted by molar-refractivity contribution is 6.31. The highest BCUT2D eigenvalue weighted by Gasteiger charge is 2.68. The van der Waals surface area contributed by atoms with Gasteiger partial charge in [0.25, 0.3) is 12.3 Å². The molecule has 2 fully saturated rings. The summed E-state index contributed by atoms with van der Waals surface area (Å²) in [5.41, 5.74) is -0.563. The van der Waals surface area contributed by atoms with Gasteiger partial charge in [-0.15, -0.1) is 0 Å². The Bertz CT molecular complexity index is 1590. The summed E-state index contributed by atoms with van der Waals surface area (Å²) >= 11 is 6.41. The predicted molar refractivity (Wildman–Crippen MR) is 151 cm³/mol. The smallest absolute Gasteiger partial charge is 0.403 e. The molecule has 7 nitrogen and oxygen atoms in total. The van der Waals surface area contributed by atoms with Crippen LogP contribution in [0.4, 0.5) is 30.7 Å². The number of nitrogens with one attached hydrogen (secondary N) is 2. The number of imidazole rings is 1. The third-order valence-electron chi connectivity index (χ3n) is 8.38. The standard InChI is InChI=1S/C30H30ClF7N4O3/c1-42-22-13-23(45-15-24(32)33)19(26(43)40-18-4-6-29(34,35)7-5-18)12-21(22)41-25(42)11-17-10-16(2-3-20(17)31)14-39-27(44)28(8-9-28)30(36,37)38/h2-3,10,12-13,18,24H,4-9,11,14-15H2,1H3,(H,39,44)(H,40,43). The number of aromatic nitrogens is 2. The first-order chi connectivity index (χ1) is 21.1. The van der Waals surface area contributed by atoms with E-state index < -0.39 is 48.4 Å². The van der Waals surface area contributed by atoms with Gasteiger partial charge in [-0.25, -0.2) is 22.5 Å². The average Bonchev–Trinajstić information content (AvgIpc) is 3.74. The Morgan fingerprint density at radius 2 is 1.80 bits per heavy atom. The number of nitrogens with zero attached hydrogens (tertiary/aromatic N) is 2. The maximum Gasteiger partial charge on any atom is 0.403 e. The van der Waals surface area contributed by atoms with Crippen molar-refractivity contribution < 1.29 is 45.1 Å². The third kappa shape index (κ3) is 7.15. The summed E-state index contributed by atoms with van der Waals surface area (Å²) in [6.07, 6.45) is -8.42. The van der Waals surface area contributed by atoms with Gasteiger partial charge in [0, 0.05) is 50.0 Å². The summed E-state index contributed by atoms with van der Waals surface area (Å²) in [4.78, 5) is 30.0. The minimum atomic E-state index is -4.62. The predicted octanol–water partition coefficient (Wildman–Crippen LogP) is 6.73. The SMILES string of the molecule is Cn1c(Cc2cc(CNC(=O)C3(C(F)(F)F)CC3)ccc2Cl)nc2cc(C(=O)NC3CCC(F)(F)CC3)c(OCC(F)F)cc21. The van der Waals surface area contributed by atoms with Gasteiger partial charge >= 0.3 is 6.18 Å². The summed E-state index contributed by atoms with van der Waals surface area (Å²) in [6.45, 7) is -1.12. The number of alkyl halides is 7. The molecule has 2 aliphatic carbocycles. The highest BCUT2D eigenvalue weighted by atomic mass is 35.5. The summed E-state index contributed by atoms with van der Waals surface area (Å²) in [6, 6.07) is 7.04. The molecule has 2 aromatic carbocycles. The Balaban J connectivity index is 1.36. The van der Waals surface area contributed by atoms with Crippen LogP contribution in [-0.4, -0.2) is 52.5 Å². The number of hydrogen-bond acceptors (Lipinski definition) is 4. The molecule has 0 unspecified atom stereocenters. The van der Waals surface area contributed by atoms with E-state index in [0.29, 0.717) is 33.0 Å². The van der Waals surface area contributed by atoms with E-state index in [2.05, 4.69) is 15.6 Å². The number of halogens is 8. The van der Waals surface area contributed by atoms with E-state index in [-0.39, 0.29) is 62.8 Å². The van der Waals surface area contributed by atoms with Crippen molar-refractivity contribution in [3.63, 3.8) is 0 Å². The van der Waals surface area contributed by atoms with E-state index in [0.717, 1.165) is 0 Å². The molecule has 0 radical (unpaired) electrons. The van der Waals surface area contributed by atoms with Crippen LogP contribution in [-0.2, 0) is 24.8 Å². The Morgan fingerprint density at radius 1 is 1.11 bits per heavy atom. The van der Waals surface area contributed by atoms with Crippen molar-refractivity contribution in [2.45, 2.75) is 76.1 Å². The van der Waals surface area contributed by atoms with Gasteiger partial charge in [-0.1, -0.05) is 23.7 Å². The molecule has 15 heteroatoms. The van der Waals surface area contributed by atoms with E-state index in [4.69, 9.17) is 16.3 Å². The molecule has 3 aromatic rings. The monoisotopic (exact) mass is 662 g/mol. The second-order valence-electron chi connectivity index (χ2n) is 11.6. The van der Waals surface area contributed by atoms with Gasteiger partial charge in [0.05, 0.1) is 16.6 Å². The number of carbonyl (C=O) groups excluding carboxylic acids is 2. The van der Waals surface area contributed by atoms with Crippen LogP contribution in [0.25, 0.3) is 11.0 Å². The highest BCUT2D eigenvalue weighted by Crippen LogP contribution is 2.57. The first kappa shape index (κ1) is 32.8. The number of carbonyl (C=O) groups is 2. The van der Waals surface area contributed by atoms with Crippen LogP contribution in [0, 0.1) is 5.41 Å². The molecule has 5 rings (SSSR count). The van der Waals surface area contributed by atoms with Gasteiger partial charge in [0.1, 0.15) is 23.6 Å². The molecule has 0 saturated heterocycles. The van der Waals surface area contributed by atoms with Gasteiger partial charge < -0.3 is 19.9 Å². The molecule has 1 aromatic heterocycles. The van der Waals surface area contributed by atoms with Crippen molar-refractivity contribution in [2.75, 3.05) is 6.61 Å². The second-order valence-corrected chi connectivity index (χ2v) is 12.0. The molecule has 0 aliphatic heterocycles. The molecule has 45 heavy (non-hydrogen) atoms. The lowest BCUT2D eigenvalue weighted by atomic mass is 9.92. The van der Waals surface area contributed by atoms with E-state index in [9.17, 15) is 40.3 Å². The van der Waals surface area contributed by atoms with E-state index in [1.807, 2.05) is 0 Å². The molecule has 2 saturated carbocycles. The normalized spacial score (nSPS) is 17.8. The zero-order valence-corrected chi connectivity index (χ0v) is 24.8. The number of benzene rings is 2. The Labute approximate surface area is 258 Å². The van der Waals surface area contributed by atoms with Crippen LogP contribution in [0.15, 0.2) is 30.3 Å². The van der Waals surface area contributed by atoms with Crippen molar-refractivity contribution in [1.82, 2.24) is 20.2 Å². The van der Waals surface area contributed by atoms with Crippen LogP contribution in [0.3, 0.4) is 0 Å². The van der Waals surface area contributed by atoms with Crippen molar-refractivity contribution in [3.05, 3.63) is 57.9 Å². The third-order valence-corrected chi connectivity index (χ3v) is 8.74. The Kier molecular flexibility index (Phi) is 9.00. The zero-order chi connectivity index (χ0) is 32.7. The van der Waals surface area contributed by atoms with E-state index in [1.54, 1.807) is 29.8 Å². The van der Waals surface area contributed by atoms with Gasteiger partial charge in [-0.3, -0.25) is 9.59 Å². The number of fused-ring (bicyclic) bond motifs is 1. The molecule has 2 N–H and O–H groups in total. The molecule has 244 valence electrons. The van der Waals surface area contributed by atoms with E-state index >= 15 is 0 Å². The summed E-state index contributed by atoms with van der Waals surface area (Å²) in [5.74, 6) is -4.21. The first-order valence-electron chi connectivity index (χ1n) is 14.3. The first-order valence-corrected chi connectivity index (χ1v) is 14.7. The summed E-state index contributed by atoms with van der Waals surface area (Å²) < 4.78 is 100.0. The van der Waals surface area contributed by atoms with Crippen molar-refractivity contribution in [1.29, 1.82) is 0 Å². The topological polar surface area (TPSA) is 85.2 Å². The molecule has 0 atom stereocenters. The number of amides is 2. The van der Waals surface area contributed by atoms with E-state index in [1.165, 1.54) is 12.1 Å². The molecule has 2 aliphatic rings. The Morgan fingerprint density at radius 3 is 2.42 bits per heavy atom. The summed E-state index contributed by atoms with van der Waals surface area (Å²) in [7, 11) is 1.66. The lowest BCUT2D eigenvalue weighted by Crippen LogP contribution is -2.40. The molecule has 0 spiro atoms. The minimum Gasteiger partial charge on any atom is -0.487 e. The Hall–Kier alpha value is -3.55. The van der Waals surface area contributed by atoms with Crippen LogP contribution in [0.2, 0.25) is 5.02 Å². The number of rotatable bonds is 10. The quantitative estimate of drug-likeness (QED) is 0.236. The maximum absolute atomic E-state index is 13.6. The number of aryl methyl sites for hydroxylation is 1. The fraction of sp³-hybridized carbons (Fsp3) is 0.500. The van der Waals surface area contributed by atoms with Crippen molar-refractivity contribution >= 4 is 34.4 Å². The van der Waals surface area contributed by atoms with Gasteiger partial charge in [0.15, 0.2) is 0 Å². The lowest BCUT2D eigenvalue weighted by Gasteiger charge is -2.29. The van der Waals surface area contributed by atoms with Crippen molar-refractivity contribution in [3.8, 4) is 5.75 Å². The van der Waals surface area contributed by atoms with Gasteiger partial charge in [-0.2, -0.15) is 13.2 Å². The minimum absolute atomic E-state index is 0.0641. The van der Waals surface area contributed by atoms with Crippen LogP contribution >= 0.6 is 11.6 Å². The molecule has 0 bridgehead atoms. The second kappa shape index (κ2) is 12.3. The molecular weight excluding hydrogens is 633 g/mol. The van der Waals surface area contributed by atoms with Crippen LogP contribution in [0.1, 0.15) is 65.8 Å². The lowest BCUT2D eigenvalue weighted by molar-refractivity contribution is -0.192. The number of ether oxygens (including phenoxy) is 1. The molecule has 2 amide bonds. The zero-order valence-electron chi connectivity index (χ0n) is 24.0. The van der Waals surface area contributed by atoms with Gasteiger partial charge in [-0.05, 0) is 48.9 Å². The van der Waals surface area contributed by atoms with Crippen molar-refractivity contribution in [2.24, 2.45) is 12.5 Å². The van der Waals surface area contributed by atoms with Crippen LogP contribution in [0.5, 0.6) is 5.75 Å². The molecule has 1 heterocycles.